The first-order chi connectivity index (χ1) is 14.3. The van der Waals surface area contributed by atoms with Crippen molar-refractivity contribution >= 4 is 39.1 Å². The number of halogens is 1. The van der Waals surface area contributed by atoms with E-state index in [1.807, 2.05) is 5.38 Å². The highest BCUT2D eigenvalue weighted by Gasteiger charge is 2.36. The Hall–Kier alpha value is -2.90. The van der Waals surface area contributed by atoms with Crippen LogP contribution >= 0.6 is 22.9 Å². The fourth-order valence-electron chi connectivity index (χ4n) is 3.31. The van der Waals surface area contributed by atoms with Crippen LogP contribution in [0.3, 0.4) is 0 Å². The molecule has 0 saturated carbocycles. The van der Waals surface area contributed by atoms with Crippen LogP contribution in [-0.2, 0) is 15.1 Å². The number of furan rings is 1. The smallest absolute Gasteiger partial charge is 0.331 e. The number of esters is 1. The Labute approximate surface area is 181 Å². The summed E-state index contributed by atoms with van der Waals surface area (Å²) in [5.41, 5.74) is -0.307. The van der Waals surface area contributed by atoms with Gasteiger partial charge < -0.3 is 9.15 Å². The van der Waals surface area contributed by atoms with Gasteiger partial charge in [0.15, 0.2) is 0 Å². The summed E-state index contributed by atoms with van der Waals surface area (Å²) < 4.78 is 12.2. The highest BCUT2D eigenvalue weighted by atomic mass is 35.5. The average Bonchev–Trinajstić information content (AvgIpc) is 3.38. The molecule has 3 heterocycles. The zero-order chi connectivity index (χ0) is 21.5. The summed E-state index contributed by atoms with van der Waals surface area (Å²) in [7, 11) is 0. The standard InChI is InChI=1S/C22H19ClN2O4S/c1-4-28-21(27)22(2,3)25-18(13-7-9-14(23)10-8-13)24-19-17(20(25)26)15(12-30-19)16-6-5-11-29-16/h5-12H,4H2,1-3H3. The molecule has 0 aliphatic rings. The minimum atomic E-state index is -1.29. The summed E-state index contributed by atoms with van der Waals surface area (Å²) in [4.78, 5) is 31.9. The van der Waals surface area contributed by atoms with Gasteiger partial charge in [0.1, 0.15) is 22.0 Å². The second kappa shape index (κ2) is 7.74. The minimum absolute atomic E-state index is 0.207. The van der Waals surface area contributed by atoms with E-state index in [-0.39, 0.29) is 12.2 Å². The molecular formula is C22H19ClN2O4S. The predicted octanol–water partition coefficient (Wildman–Crippen LogP) is 5.34. The topological polar surface area (TPSA) is 74.3 Å². The Morgan fingerprint density at radius 1 is 1.27 bits per heavy atom. The van der Waals surface area contributed by atoms with Gasteiger partial charge in [-0.15, -0.1) is 11.3 Å². The van der Waals surface area contributed by atoms with Crippen molar-refractivity contribution in [3.8, 4) is 22.7 Å². The molecule has 3 aromatic heterocycles. The van der Waals surface area contributed by atoms with Gasteiger partial charge in [0, 0.05) is 21.5 Å². The first kappa shape index (κ1) is 20.4. The van der Waals surface area contributed by atoms with Crippen LogP contribution < -0.4 is 5.56 Å². The van der Waals surface area contributed by atoms with E-state index in [1.54, 1.807) is 63.4 Å². The Morgan fingerprint density at radius 2 is 2.00 bits per heavy atom. The normalized spacial score (nSPS) is 11.7. The third-order valence-corrected chi connectivity index (χ3v) is 5.96. The zero-order valence-electron chi connectivity index (χ0n) is 16.6. The number of fused-ring (bicyclic) bond motifs is 1. The van der Waals surface area contributed by atoms with Crippen molar-refractivity contribution in [2.45, 2.75) is 26.3 Å². The van der Waals surface area contributed by atoms with Crippen LogP contribution in [-0.4, -0.2) is 22.1 Å². The number of ether oxygens (including phenoxy) is 1. The van der Waals surface area contributed by atoms with Crippen LogP contribution in [0, 0.1) is 0 Å². The van der Waals surface area contributed by atoms with Crippen LogP contribution in [0.2, 0.25) is 5.02 Å². The molecular weight excluding hydrogens is 424 g/mol. The van der Waals surface area contributed by atoms with Crippen LogP contribution in [0.4, 0.5) is 0 Å². The number of carbonyl (C=O) groups excluding carboxylic acids is 1. The van der Waals surface area contributed by atoms with Crippen LogP contribution in [0.1, 0.15) is 20.8 Å². The van der Waals surface area contributed by atoms with Crippen molar-refractivity contribution in [1.82, 2.24) is 9.55 Å². The van der Waals surface area contributed by atoms with Gasteiger partial charge in [-0.2, -0.15) is 0 Å². The van der Waals surface area contributed by atoms with Gasteiger partial charge in [-0.3, -0.25) is 9.36 Å². The molecule has 30 heavy (non-hydrogen) atoms. The second-order valence-electron chi connectivity index (χ2n) is 7.17. The predicted molar refractivity (Wildman–Crippen MR) is 118 cm³/mol. The fourth-order valence-corrected chi connectivity index (χ4v) is 4.36. The number of carbonyl (C=O) groups is 1. The molecule has 0 N–H and O–H groups in total. The number of thiophene rings is 1. The number of aromatic nitrogens is 2. The number of hydrogen-bond donors (Lipinski definition) is 0. The number of benzene rings is 1. The van der Waals surface area contributed by atoms with E-state index in [4.69, 9.17) is 25.7 Å². The van der Waals surface area contributed by atoms with E-state index in [2.05, 4.69) is 0 Å². The SMILES string of the molecule is CCOC(=O)C(C)(C)n1c(-c2ccc(Cl)cc2)nc2scc(-c3ccco3)c2c1=O. The zero-order valence-corrected chi connectivity index (χ0v) is 18.2. The summed E-state index contributed by atoms with van der Waals surface area (Å²) >= 11 is 7.39. The molecule has 0 amide bonds. The van der Waals surface area contributed by atoms with Crippen molar-refractivity contribution in [2.75, 3.05) is 6.61 Å². The maximum atomic E-state index is 13.8. The van der Waals surface area contributed by atoms with Gasteiger partial charge in [-0.25, -0.2) is 9.78 Å². The first-order valence-electron chi connectivity index (χ1n) is 9.36. The van der Waals surface area contributed by atoms with Crippen molar-refractivity contribution in [3.63, 3.8) is 0 Å². The first-order valence-corrected chi connectivity index (χ1v) is 10.6. The van der Waals surface area contributed by atoms with Crippen LogP contribution in [0.5, 0.6) is 0 Å². The third-order valence-electron chi connectivity index (χ3n) is 4.83. The van der Waals surface area contributed by atoms with Crippen molar-refractivity contribution in [3.05, 3.63) is 63.4 Å². The maximum absolute atomic E-state index is 13.8. The molecule has 0 aliphatic heterocycles. The monoisotopic (exact) mass is 442 g/mol. The van der Waals surface area contributed by atoms with Crippen molar-refractivity contribution in [1.29, 1.82) is 0 Å². The number of hydrogen-bond acceptors (Lipinski definition) is 6. The summed E-state index contributed by atoms with van der Waals surface area (Å²) in [6, 6.07) is 10.5. The summed E-state index contributed by atoms with van der Waals surface area (Å²) in [5.74, 6) is 0.424. The quantitative estimate of drug-likeness (QED) is 0.390. The van der Waals surface area contributed by atoms with E-state index in [9.17, 15) is 9.59 Å². The van der Waals surface area contributed by atoms with Gasteiger partial charge in [-0.1, -0.05) is 11.6 Å². The number of nitrogens with zero attached hydrogens (tertiary/aromatic N) is 2. The van der Waals surface area contributed by atoms with Gasteiger partial charge in [-0.05, 0) is 57.2 Å². The molecule has 0 saturated heterocycles. The molecule has 0 aliphatic carbocycles. The maximum Gasteiger partial charge on any atom is 0.331 e. The molecule has 1 aromatic carbocycles. The molecule has 0 atom stereocenters. The van der Waals surface area contributed by atoms with E-state index in [1.165, 1.54) is 15.9 Å². The molecule has 8 heteroatoms. The molecule has 0 radical (unpaired) electrons. The third kappa shape index (κ3) is 3.34. The molecule has 0 unspecified atom stereocenters. The molecule has 4 rings (SSSR count). The van der Waals surface area contributed by atoms with Gasteiger partial charge in [0.25, 0.3) is 5.56 Å². The molecule has 0 bridgehead atoms. The summed E-state index contributed by atoms with van der Waals surface area (Å²) in [6.45, 7) is 5.24. The van der Waals surface area contributed by atoms with Crippen LogP contribution in [0.15, 0.2) is 57.3 Å². The van der Waals surface area contributed by atoms with E-state index in [0.717, 1.165) is 0 Å². The lowest BCUT2D eigenvalue weighted by Crippen LogP contribution is -2.45. The highest BCUT2D eigenvalue weighted by molar-refractivity contribution is 7.17. The lowest BCUT2D eigenvalue weighted by atomic mass is 10.0. The Morgan fingerprint density at radius 3 is 2.63 bits per heavy atom. The fraction of sp³-hybridized carbons (Fsp3) is 0.227. The van der Waals surface area contributed by atoms with Crippen molar-refractivity contribution < 1.29 is 13.9 Å². The molecule has 154 valence electrons. The molecule has 6 nitrogen and oxygen atoms in total. The molecule has 4 aromatic rings. The highest BCUT2D eigenvalue weighted by Crippen LogP contribution is 2.34. The Balaban J connectivity index is 2.06. The van der Waals surface area contributed by atoms with E-state index < -0.39 is 11.5 Å². The Bertz CT molecular complexity index is 1270. The van der Waals surface area contributed by atoms with Crippen LogP contribution in [0.25, 0.3) is 32.9 Å². The van der Waals surface area contributed by atoms with E-state index in [0.29, 0.717) is 38.0 Å². The lowest BCUT2D eigenvalue weighted by molar-refractivity contribution is -0.152. The molecule has 0 fully saturated rings. The minimum Gasteiger partial charge on any atom is -0.464 e. The second-order valence-corrected chi connectivity index (χ2v) is 8.46. The largest absolute Gasteiger partial charge is 0.464 e. The number of rotatable bonds is 5. The molecule has 0 spiro atoms. The average molecular weight is 443 g/mol. The van der Waals surface area contributed by atoms with Gasteiger partial charge in [0.05, 0.1) is 18.3 Å². The Kier molecular flexibility index (Phi) is 5.26. The van der Waals surface area contributed by atoms with Crippen molar-refractivity contribution in [2.24, 2.45) is 0 Å². The van der Waals surface area contributed by atoms with Gasteiger partial charge in [0.2, 0.25) is 0 Å². The van der Waals surface area contributed by atoms with E-state index >= 15 is 0 Å². The lowest BCUT2D eigenvalue weighted by Gasteiger charge is -2.27. The van der Waals surface area contributed by atoms with Gasteiger partial charge >= 0.3 is 5.97 Å². The summed E-state index contributed by atoms with van der Waals surface area (Å²) in [6.07, 6.45) is 1.55. The summed E-state index contributed by atoms with van der Waals surface area (Å²) in [5, 5.41) is 2.81.